The molecular formula is C15H14N2O2. The Balaban J connectivity index is 0.00000121. The maximum absolute atomic E-state index is 11.3. The Morgan fingerprint density at radius 1 is 1.37 bits per heavy atom. The Morgan fingerprint density at radius 2 is 2.32 bits per heavy atom. The van der Waals surface area contributed by atoms with Crippen LogP contribution >= 0.6 is 0 Å². The zero-order chi connectivity index (χ0) is 12.8. The molecule has 19 heavy (non-hydrogen) atoms. The molecule has 4 nitrogen and oxygen atoms in total. The minimum atomic E-state index is 0. The molecule has 2 aromatic rings. The minimum Gasteiger partial charge on any atom is -0.436 e. The van der Waals surface area contributed by atoms with Crippen molar-refractivity contribution in [1.29, 1.82) is 0 Å². The normalized spacial score (nSPS) is 16.1. The standard InChI is InChI=1S/C15H12N2O2.H2/c18-14-8-9-5-6-10(7-12(9)16-14)15-17-11-3-1-2-4-13(11)19-15;/h2,4-7H,1,3,8H2,(H,16,18);1H. The lowest BCUT2D eigenvalue weighted by Gasteiger charge is -2.00. The van der Waals surface area contributed by atoms with E-state index >= 15 is 0 Å². The van der Waals surface area contributed by atoms with Gasteiger partial charge in [0.1, 0.15) is 0 Å². The predicted octanol–water partition coefficient (Wildman–Crippen LogP) is 3.04. The summed E-state index contributed by atoms with van der Waals surface area (Å²) in [7, 11) is 0. The third-order valence-electron chi connectivity index (χ3n) is 3.53. The first-order chi connectivity index (χ1) is 9.29. The van der Waals surface area contributed by atoms with Gasteiger partial charge in [-0.05, 0) is 36.6 Å². The fourth-order valence-corrected chi connectivity index (χ4v) is 2.55. The zero-order valence-corrected chi connectivity index (χ0v) is 10.3. The molecule has 4 rings (SSSR count). The predicted molar refractivity (Wildman–Crippen MR) is 73.7 cm³/mol. The number of hydrogen-bond donors (Lipinski definition) is 1. The maximum Gasteiger partial charge on any atom is 0.228 e. The molecule has 0 bridgehead atoms. The van der Waals surface area contributed by atoms with E-state index in [0.29, 0.717) is 12.3 Å². The van der Waals surface area contributed by atoms with Crippen molar-refractivity contribution in [2.24, 2.45) is 0 Å². The topological polar surface area (TPSA) is 55.1 Å². The van der Waals surface area contributed by atoms with Gasteiger partial charge in [0.05, 0.1) is 12.1 Å². The van der Waals surface area contributed by atoms with Crippen LogP contribution in [0.15, 0.2) is 28.7 Å². The van der Waals surface area contributed by atoms with Crippen molar-refractivity contribution in [3.63, 3.8) is 0 Å². The molecule has 1 aliphatic carbocycles. The number of carbonyl (C=O) groups excluding carboxylic acids is 1. The molecule has 1 aromatic heterocycles. The number of nitrogens with one attached hydrogen (secondary N) is 1. The molecule has 1 N–H and O–H groups in total. The maximum atomic E-state index is 11.3. The zero-order valence-electron chi connectivity index (χ0n) is 10.3. The average molecular weight is 254 g/mol. The molecule has 0 saturated carbocycles. The molecule has 4 heteroatoms. The van der Waals surface area contributed by atoms with Gasteiger partial charge in [-0.15, -0.1) is 0 Å². The van der Waals surface area contributed by atoms with Crippen LogP contribution in [0.5, 0.6) is 0 Å². The molecule has 0 atom stereocenters. The van der Waals surface area contributed by atoms with E-state index in [4.69, 9.17) is 4.42 Å². The number of aryl methyl sites for hydroxylation is 1. The number of aromatic nitrogens is 1. The van der Waals surface area contributed by atoms with Crippen LogP contribution < -0.4 is 5.32 Å². The number of oxazole rings is 1. The first-order valence-electron chi connectivity index (χ1n) is 6.39. The van der Waals surface area contributed by atoms with Crippen molar-refractivity contribution < 1.29 is 10.6 Å². The monoisotopic (exact) mass is 254 g/mol. The van der Waals surface area contributed by atoms with E-state index < -0.39 is 0 Å². The largest absolute Gasteiger partial charge is 0.436 e. The quantitative estimate of drug-likeness (QED) is 0.851. The molecule has 0 saturated heterocycles. The Labute approximate surface area is 111 Å². The van der Waals surface area contributed by atoms with Gasteiger partial charge in [0.15, 0.2) is 5.76 Å². The van der Waals surface area contributed by atoms with Crippen LogP contribution in [0.1, 0.15) is 24.9 Å². The van der Waals surface area contributed by atoms with Crippen molar-refractivity contribution >= 4 is 17.7 Å². The van der Waals surface area contributed by atoms with Crippen LogP contribution in [0.2, 0.25) is 0 Å². The van der Waals surface area contributed by atoms with Crippen LogP contribution in [-0.4, -0.2) is 10.9 Å². The fraction of sp³-hybridized carbons (Fsp3) is 0.200. The van der Waals surface area contributed by atoms with E-state index in [1.807, 2.05) is 24.3 Å². The highest BCUT2D eigenvalue weighted by molar-refractivity contribution is 5.99. The summed E-state index contributed by atoms with van der Waals surface area (Å²) >= 11 is 0. The average Bonchev–Trinajstić information content (AvgIpc) is 2.99. The lowest BCUT2D eigenvalue weighted by molar-refractivity contribution is -0.115. The lowest BCUT2D eigenvalue weighted by atomic mass is 10.1. The van der Waals surface area contributed by atoms with Crippen LogP contribution in [0, 0.1) is 0 Å². The number of amides is 1. The first kappa shape index (κ1) is 10.6. The number of carbonyl (C=O) groups is 1. The number of allylic oxidation sites excluding steroid dienone is 1. The molecule has 0 unspecified atom stereocenters. The number of anilines is 1. The van der Waals surface area contributed by atoms with Crippen molar-refractivity contribution in [1.82, 2.24) is 4.98 Å². The third-order valence-corrected chi connectivity index (χ3v) is 3.53. The fourth-order valence-electron chi connectivity index (χ4n) is 2.55. The van der Waals surface area contributed by atoms with Gasteiger partial charge >= 0.3 is 0 Å². The molecule has 0 fully saturated rings. The van der Waals surface area contributed by atoms with Crippen molar-refractivity contribution in [2.45, 2.75) is 19.3 Å². The van der Waals surface area contributed by atoms with E-state index in [1.165, 1.54) is 0 Å². The summed E-state index contributed by atoms with van der Waals surface area (Å²) in [4.78, 5) is 15.9. The molecule has 1 amide bonds. The van der Waals surface area contributed by atoms with Crippen LogP contribution in [-0.2, 0) is 17.6 Å². The molecule has 2 heterocycles. The van der Waals surface area contributed by atoms with Crippen molar-refractivity contribution in [3.05, 3.63) is 41.3 Å². The van der Waals surface area contributed by atoms with Gasteiger partial charge in [0.25, 0.3) is 0 Å². The van der Waals surface area contributed by atoms with Gasteiger partial charge in [-0.2, -0.15) is 0 Å². The Hall–Kier alpha value is -2.36. The third kappa shape index (κ3) is 1.68. The summed E-state index contributed by atoms with van der Waals surface area (Å²) in [5.74, 6) is 1.52. The second-order valence-electron chi connectivity index (χ2n) is 4.87. The van der Waals surface area contributed by atoms with E-state index in [1.54, 1.807) is 0 Å². The molecular weight excluding hydrogens is 240 g/mol. The van der Waals surface area contributed by atoms with E-state index in [0.717, 1.165) is 41.1 Å². The molecule has 0 spiro atoms. The highest BCUT2D eigenvalue weighted by atomic mass is 16.4. The van der Waals surface area contributed by atoms with Gasteiger partial charge in [0, 0.05) is 12.7 Å². The number of hydrogen-bond acceptors (Lipinski definition) is 3. The van der Waals surface area contributed by atoms with E-state index in [2.05, 4.69) is 16.4 Å². The number of rotatable bonds is 1. The molecule has 1 aliphatic heterocycles. The minimum absolute atomic E-state index is 0. The summed E-state index contributed by atoms with van der Waals surface area (Å²) in [5, 5.41) is 2.85. The van der Waals surface area contributed by atoms with Crippen LogP contribution in [0.25, 0.3) is 17.5 Å². The van der Waals surface area contributed by atoms with Crippen molar-refractivity contribution in [2.75, 3.05) is 5.32 Å². The van der Waals surface area contributed by atoms with E-state index in [9.17, 15) is 4.79 Å². The van der Waals surface area contributed by atoms with E-state index in [-0.39, 0.29) is 7.33 Å². The summed E-state index contributed by atoms with van der Waals surface area (Å²) in [5.41, 5.74) is 3.82. The summed E-state index contributed by atoms with van der Waals surface area (Å²) in [6, 6.07) is 5.85. The summed E-state index contributed by atoms with van der Waals surface area (Å²) in [6.45, 7) is 0. The second kappa shape index (κ2) is 3.82. The molecule has 0 radical (unpaired) electrons. The summed E-state index contributed by atoms with van der Waals surface area (Å²) < 4.78 is 5.77. The number of nitrogens with zero attached hydrogens (tertiary/aromatic N) is 1. The SMILES string of the molecule is O=C1Cc2ccc(-c3nc4c(o3)C=CCC4)cc2N1.[HH]. The highest BCUT2D eigenvalue weighted by Crippen LogP contribution is 2.31. The molecule has 1 aromatic carbocycles. The van der Waals surface area contributed by atoms with Gasteiger partial charge in [0.2, 0.25) is 11.8 Å². The van der Waals surface area contributed by atoms with Crippen LogP contribution in [0.4, 0.5) is 5.69 Å². The first-order valence-corrected chi connectivity index (χ1v) is 6.39. The lowest BCUT2D eigenvalue weighted by Crippen LogP contribution is -2.03. The Kier molecular flexibility index (Phi) is 2.12. The smallest absolute Gasteiger partial charge is 0.228 e. The second-order valence-corrected chi connectivity index (χ2v) is 4.87. The summed E-state index contributed by atoms with van der Waals surface area (Å²) in [6.07, 6.45) is 6.47. The van der Waals surface area contributed by atoms with Gasteiger partial charge < -0.3 is 9.73 Å². The molecule has 2 aliphatic rings. The Bertz CT molecular complexity index is 719. The van der Waals surface area contributed by atoms with Gasteiger partial charge in [-0.3, -0.25) is 4.79 Å². The Morgan fingerprint density at radius 3 is 3.21 bits per heavy atom. The van der Waals surface area contributed by atoms with Gasteiger partial charge in [-0.25, -0.2) is 4.98 Å². The molecule has 96 valence electrons. The van der Waals surface area contributed by atoms with Gasteiger partial charge in [-0.1, -0.05) is 12.1 Å². The van der Waals surface area contributed by atoms with Crippen LogP contribution in [0.3, 0.4) is 0 Å². The number of benzene rings is 1. The highest BCUT2D eigenvalue weighted by Gasteiger charge is 2.20. The van der Waals surface area contributed by atoms with Crippen molar-refractivity contribution in [3.8, 4) is 11.5 Å². The number of fused-ring (bicyclic) bond motifs is 2.